The molecule has 0 aliphatic carbocycles. The van der Waals surface area contributed by atoms with Gasteiger partial charge in [-0.3, -0.25) is 4.79 Å². The van der Waals surface area contributed by atoms with Crippen LogP contribution in [0.15, 0.2) is 24.3 Å². The summed E-state index contributed by atoms with van der Waals surface area (Å²) in [6, 6.07) is 7.64. The minimum absolute atomic E-state index is 0. The van der Waals surface area contributed by atoms with Gasteiger partial charge in [0.05, 0.1) is 13.0 Å². The molecule has 0 fully saturated rings. The highest BCUT2D eigenvalue weighted by Crippen LogP contribution is 2.14. The molecule has 3 nitrogen and oxygen atoms in total. The molecule has 0 bridgehead atoms. The van der Waals surface area contributed by atoms with Crippen molar-refractivity contribution >= 4 is 30.0 Å². The summed E-state index contributed by atoms with van der Waals surface area (Å²) >= 11 is 5.98. The first kappa shape index (κ1) is 16.2. The number of rotatable bonds is 6. The molecule has 96 valence electrons. The van der Waals surface area contributed by atoms with E-state index in [9.17, 15) is 4.79 Å². The van der Waals surface area contributed by atoms with Crippen LogP contribution in [-0.4, -0.2) is 19.1 Å². The summed E-state index contributed by atoms with van der Waals surface area (Å²) in [7, 11) is 0. The summed E-state index contributed by atoms with van der Waals surface area (Å²) in [6.45, 7) is 3.50. The van der Waals surface area contributed by atoms with Crippen molar-refractivity contribution < 1.29 is 9.53 Å². The number of halogens is 2. The number of carbonyl (C=O) groups is 1. The molecule has 1 aromatic carbocycles. The summed E-state index contributed by atoms with van der Waals surface area (Å²) < 4.78 is 4.81. The van der Waals surface area contributed by atoms with Crippen LogP contribution in [0.3, 0.4) is 0 Å². The van der Waals surface area contributed by atoms with E-state index in [0.29, 0.717) is 26.1 Å². The van der Waals surface area contributed by atoms with Gasteiger partial charge in [-0.25, -0.2) is 0 Å². The molecule has 0 unspecified atom stereocenters. The fraction of sp³-hybridized carbons (Fsp3) is 0.417. The molecule has 0 spiro atoms. The molecule has 0 aliphatic rings. The first-order valence-electron chi connectivity index (χ1n) is 5.33. The summed E-state index contributed by atoms with van der Waals surface area (Å²) in [5.74, 6) is -0.172. The van der Waals surface area contributed by atoms with Gasteiger partial charge in [-0.15, -0.1) is 12.4 Å². The zero-order valence-corrected chi connectivity index (χ0v) is 11.3. The smallest absolute Gasteiger partial charge is 0.307 e. The Morgan fingerprint density at radius 2 is 2.12 bits per heavy atom. The van der Waals surface area contributed by atoms with Gasteiger partial charge in [-0.1, -0.05) is 29.8 Å². The third-order valence-corrected chi connectivity index (χ3v) is 2.45. The lowest BCUT2D eigenvalue weighted by atomic mass is 10.2. The van der Waals surface area contributed by atoms with E-state index >= 15 is 0 Å². The van der Waals surface area contributed by atoms with Crippen molar-refractivity contribution in [3.8, 4) is 0 Å². The topological polar surface area (TPSA) is 38.3 Å². The number of carbonyl (C=O) groups excluding carboxylic acids is 1. The molecule has 0 amide bonds. The molecular formula is C12H17Cl2NO2. The lowest BCUT2D eigenvalue weighted by Crippen LogP contribution is -2.19. The lowest BCUT2D eigenvalue weighted by molar-refractivity contribution is -0.142. The Balaban J connectivity index is 0.00000256. The van der Waals surface area contributed by atoms with Gasteiger partial charge in [0.1, 0.15) is 0 Å². The minimum atomic E-state index is -0.172. The van der Waals surface area contributed by atoms with Gasteiger partial charge in [0.15, 0.2) is 0 Å². The van der Waals surface area contributed by atoms with E-state index in [2.05, 4.69) is 5.32 Å². The van der Waals surface area contributed by atoms with Crippen molar-refractivity contribution in [3.63, 3.8) is 0 Å². The standard InChI is InChI=1S/C12H16ClNO2.ClH/c1-2-16-12(15)7-8-14-9-10-5-3-4-6-11(10)13;/h3-6,14H,2,7-9H2,1H3;1H. The number of hydrogen-bond donors (Lipinski definition) is 1. The van der Waals surface area contributed by atoms with Crippen molar-refractivity contribution in [2.45, 2.75) is 19.9 Å². The molecular weight excluding hydrogens is 261 g/mol. The largest absolute Gasteiger partial charge is 0.466 e. The molecule has 0 saturated carbocycles. The van der Waals surface area contributed by atoms with Gasteiger partial charge in [-0.2, -0.15) is 0 Å². The molecule has 1 N–H and O–H groups in total. The van der Waals surface area contributed by atoms with Crippen LogP contribution in [0.5, 0.6) is 0 Å². The molecule has 0 aliphatic heterocycles. The molecule has 0 heterocycles. The monoisotopic (exact) mass is 277 g/mol. The Morgan fingerprint density at radius 1 is 1.41 bits per heavy atom. The lowest BCUT2D eigenvalue weighted by Gasteiger charge is -2.06. The Hall–Kier alpha value is -0.770. The van der Waals surface area contributed by atoms with Gasteiger partial charge in [0.2, 0.25) is 0 Å². The Labute approximate surface area is 113 Å². The first-order valence-corrected chi connectivity index (χ1v) is 5.71. The van der Waals surface area contributed by atoms with E-state index < -0.39 is 0 Å². The van der Waals surface area contributed by atoms with Crippen LogP contribution >= 0.6 is 24.0 Å². The van der Waals surface area contributed by atoms with Crippen LogP contribution in [0.1, 0.15) is 18.9 Å². The van der Waals surface area contributed by atoms with Crippen LogP contribution in [0.2, 0.25) is 5.02 Å². The SMILES string of the molecule is CCOC(=O)CCNCc1ccccc1Cl.Cl. The first-order chi connectivity index (χ1) is 7.74. The molecule has 1 aromatic rings. The normalized spacial score (nSPS) is 9.53. The second-order valence-electron chi connectivity index (χ2n) is 3.32. The second kappa shape index (κ2) is 9.28. The van der Waals surface area contributed by atoms with E-state index in [-0.39, 0.29) is 18.4 Å². The third kappa shape index (κ3) is 6.51. The average Bonchev–Trinajstić information content (AvgIpc) is 2.27. The molecule has 17 heavy (non-hydrogen) atoms. The zero-order valence-electron chi connectivity index (χ0n) is 9.74. The van der Waals surface area contributed by atoms with E-state index in [1.807, 2.05) is 24.3 Å². The third-order valence-electron chi connectivity index (χ3n) is 2.08. The van der Waals surface area contributed by atoms with Gasteiger partial charge < -0.3 is 10.1 Å². The van der Waals surface area contributed by atoms with E-state index in [4.69, 9.17) is 16.3 Å². The van der Waals surface area contributed by atoms with Crippen molar-refractivity contribution in [1.82, 2.24) is 5.32 Å². The quantitative estimate of drug-likeness (QED) is 0.642. The summed E-state index contributed by atoms with van der Waals surface area (Å²) in [5.41, 5.74) is 1.04. The number of hydrogen-bond acceptors (Lipinski definition) is 3. The molecule has 0 atom stereocenters. The molecule has 0 aromatic heterocycles. The number of benzene rings is 1. The summed E-state index contributed by atoms with van der Waals surface area (Å²) in [6.07, 6.45) is 0.387. The maximum Gasteiger partial charge on any atom is 0.307 e. The highest BCUT2D eigenvalue weighted by atomic mass is 35.5. The van der Waals surface area contributed by atoms with Crippen molar-refractivity contribution in [1.29, 1.82) is 0 Å². The highest BCUT2D eigenvalue weighted by molar-refractivity contribution is 6.31. The van der Waals surface area contributed by atoms with E-state index in [1.165, 1.54) is 0 Å². The highest BCUT2D eigenvalue weighted by Gasteiger charge is 2.01. The minimum Gasteiger partial charge on any atom is -0.466 e. The fourth-order valence-electron chi connectivity index (χ4n) is 1.29. The van der Waals surface area contributed by atoms with Crippen LogP contribution in [0.4, 0.5) is 0 Å². The molecule has 0 radical (unpaired) electrons. The number of ether oxygens (including phenoxy) is 1. The predicted octanol–water partition coefficient (Wildman–Crippen LogP) is 2.80. The zero-order chi connectivity index (χ0) is 11.8. The van der Waals surface area contributed by atoms with Gasteiger partial charge in [0, 0.05) is 18.1 Å². The Bertz CT molecular complexity index is 345. The Morgan fingerprint density at radius 3 is 2.76 bits per heavy atom. The van der Waals surface area contributed by atoms with Crippen LogP contribution < -0.4 is 5.32 Å². The van der Waals surface area contributed by atoms with Gasteiger partial charge in [0.25, 0.3) is 0 Å². The maximum absolute atomic E-state index is 11.0. The predicted molar refractivity (Wildman–Crippen MR) is 71.7 cm³/mol. The summed E-state index contributed by atoms with van der Waals surface area (Å²) in [4.78, 5) is 11.0. The summed E-state index contributed by atoms with van der Waals surface area (Å²) in [5, 5.41) is 3.89. The van der Waals surface area contributed by atoms with Crippen molar-refractivity contribution in [2.24, 2.45) is 0 Å². The molecule has 1 rings (SSSR count). The van der Waals surface area contributed by atoms with Crippen molar-refractivity contribution in [2.75, 3.05) is 13.2 Å². The van der Waals surface area contributed by atoms with Gasteiger partial charge >= 0.3 is 5.97 Å². The Kier molecular flexibility index (Phi) is 8.86. The van der Waals surface area contributed by atoms with Crippen LogP contribution in [0.25, 0.3) is 0 Å². The van der Waals surface area contributed by atoms with E-state index in [0.717, 1.165) is 10.6 Å². The maximum atomic E-state index is 11.0. The van der Waals surface area contributed by atoms with Crippen LogP contribution in [0, 0.1) is 0 Å². The molecule has 5 heteroatoms. The van der Waals surface area contributed by atoms with Crippen LogP contribution in [-0.2, 0) is 16.1 Å². The molecule has 0 saturated heterocycles. The fourth-order valence-corrected chi connectivity index (χ4v) is 1.49. The number of nitrogens with one attached hydrogen (secondary N) is 1. The average molecular weight is 278 g/mol. The second-order valence-corrected chi connectivity index (χ2v) is 3.73. The van der Waals surface area contributed by atoms with Gasteiger partial charge in [-0.05, 0) is 18.6 Å². The van der Waals surface area contributed by atoms with E-state index in [1.54, 1.807) is 6.92 Å². The number of esters is 1. The van der Waals surface area contributed by atoms with Crippen molar-refractivity contribution in [3.05, 3.63) is 34.9 Å².